The Hall–Kier alpha value is -0.450. The first kappa shape index (κ1) is 10.7. The predicted octanol–water partition coefficient (Wildman–Crippen LogP) is 2.04. The fourth-order valence-corrected chi connectivity index (χ4v) is 3.36. The average Bonchev–Trinajstić information content (AvgIpc) is 2.76. The number of hydrogen-bond acceptors (Lipinski definition) is 3. The highest BCUT2D eigenvalue weighted by atomic mass is 79.9. The topological polar surface area (TPSA) is 48.1 Å². The largest absolute Gasteiger partial charge is 0.373 e. The summed E-state index contributed by atoms with van der Waals surface area (Å²) in [5.41, 5.74) is 7.47. The molecule has 3 rings (SSSR count). The van der Waals surface area contributed by atoms with Crippen LogP contribution < -0.4 is 5.73 Å². The first-order chi connectivity index (χ1) is 7.66. The molecule has 0 aliphatic carbocycles. The van der Waals surface area contributed by atoms with Gasteiger partial charge in [0, 0.05) is 22.4 Å². The SMILES string of the molecule is NC1(Cc2cncc(Br)c2)CC2CCC1O2. The van der Waals surface area contributed by atoms with E-state index in [-0.39, 0.29) is 11.6 Å². The Kier molecular flexibility index (Phi) is 2.53. The first-order valence-electron chi connectivity index (χ1n) is 5.69. The number of rotatable bonds is 2. The normalized spacial score (nSPS) is 36.9. The van der Waals surface area contributed by atoms with Crippen molar-refractivity contribution < 1.29 is 4.74 Å². The fraction of sp³-hybridized carbons (Fsp3) is 0.583. The summed E-state index contributed by atoms with van der Waals surface area (Å²) in [4.78, 5) is 4.18. The maximum Gasteiger partial charge on any atom is 0.0763 e. The molecule has 1 aromatic heterocycles. The van der Waals surface area contributed by atoms with Crippen molar-refractivity contribution in [3.05, 3.63) is 28.5 Å². The summed E-state index contributed by atoms with van der Waals surface area (Å²) in [5, 5.41) is 0. The van der Waals surface area contributed by atoms with Gasteiger partial charge in [-0.1, -0.05) is 0 Å². The summed E-state index contributed by atoms with van der Waals surface area (Å²) in [6, 6.07) is 2.09. The van der Waals surface area contributed by atoms with Crippen LogP contribution in [0, 0.1) is 0 Å². The second-order valence-corrected chi connectivity index (χ2v) is 5.87. The molecular weight excluding hydrogens is 268 g/mol. The lowest BCUT2D eigenvalue weighted by Crippen LogP contribution is -2.50. The molecular formula is C12H15BrN2O. The van der Waals surface area contributed by atoms with E-state index in [1.165, 1.54) is 12.0 Å². The van der Waals surface area contributed by atoms with Crippen molar-refractivity contribution in [1.29, 1.82) is 0 Å². The quantitative estimate of drug-likeness (QED) is 0.903. The minimum atomic E-state index is -0.175. The average molecular weight is 283 g/mol. The lowest BCUT2D eigenvalue weighted by Gasteiger charge is -2.31. The number of nitrogens with two attached hydrogens (primary N) is 1. The molecule has 16 heavy (non-hydrogen) atoms. The van der Waals surface area contributed by atoms with E-state index in [4.69, 9.17) is 10.5 Å². The van der Waals surface area contributed by atoms with Gasteiger partial charge in [0.15, 0.2) is 0 Å². The number of nitrogens with zero attached hydrogens (tertiary/aromatic N) is 1. The van der Waals surface area contributed by atoms with Crippen molar-refractivity contribution in [2.24, 2.45) is 5.73 Å². The van der Waals surface area contributed by atoms with Crippen molar-refractivity contribution in [3.63, 3.8) is 0 Å². The van der Waals surface area contributed by atoms with E-state index < -0.39 is 0 Å². The van der Waals surface area contributed by atoms with Gasteiger partial charge in [0.2, 0.25) is 0 Å². The molecule has 2 fully saturated rings. The number of aromatic nitrogens is 1. The van der Waals surface area contributed by atoms with E-state index in [1.54, 1.807) is 6.20 Å². The van der Waals surface area contributed by atoms with Gasteiger partial charge in [-0.15, -0.1) is 0 Å². The molecule has 2 bridgehead atoms. The van der Waals surface area contributed by atoms with Crippen LogP contribution in [0.3, 0.4) is 0 Å². The van der Waals surface area contributed by atoms with Gasteiger partial charge in [-0.25, -0.2) is 0 Å². The maximum atomic E-state index is 6.46. The standard InChI is InChI=1S/C12H15BrN2O/c13-9-3-8(6-15-7-9)4-12(14)5-10-1-2-11(12)16-10/h3,6-7,10-11H,1-2,4-5,14H2. The monoisotopic (exact) mass is 282 g/mol. The Morgan fingerprint density at radius 3 is 3.00 bits per heavy atom. The Morgan fingerprint density at radius 2 is 2.38 bits per heavy atom. The van der Waals surface area contributed by atoms with Gasteiger partial charge in [0.25, 0.3) is 0 Å². The summed E-state index contributed by atoms with van der Waals surface area (Å²) >= 11 is 3.44. The van der Waals surface area contributed by atoms with Gasteiger partial charge in [-0.2, -0.15) is 0 Å². The van der Waals surface area contributed by atoms with Crippen LogP contribution in [0.5, 0.6) is 0 Å². The summed E-state index contributed by atoms with van der Waals surface area (Å²) < 4.78 is 6.84. The third kappa shape index (κ3) is 1.79. The number of fused-ring (bicyclic) bond motifs is 2. The Labute approximate surface area is 104 Å². The Balaban J connectivity index is 1.79. The third-order valence-electron chi connectivity index (χ3n) is 3.65. The van der Waals surface area contributed by atoms with E-state index >= 15 is 0 Å². The van der Waals surface area contributed by atoms with Crippen LogP contribution in [0.25, 0.3) is 0 Å². The van der Waals surface area contributed by atoms with Crippen LogP contribution in [-0.2, 0) is 11.2 Å². The van der Waals surface area contributed by atoms with Crippen molar-refractivity contribution in [2.45, 2.75) is 43.4 Å². The zero-order valence-corrected chi connectivity index (χ0v) is 10.6. The van der Waals surface area contributed by atoms with Crippen LogP contribution >= 0.6 is 15.9 Å². The Morgan fingerprint density at radius 1 is 1.50 bits per heavy atom. The van der Waals surface area contributed by atoms with Crippen LogP contribution in [0.1, 0.15) is 24.8 Å². The summed E-state index contributed by atoms with van der Waals surface area (Å²) in [7, 11) is 0. The molecule has 0 radical (unpaired) electrons. The molecule has 3 heterocycles. The Bertz CT molecular complexity index is 412. The van der Waals surface area contributed by atoms with Gasteiger partial charge in [-0.05, 0) is 53.2 Å². The smallest absolute Gasteiger partial charge is 0.0763 e. The molecule has 0 saturated carbocycles. The fourth-order valence-electron chi connectivity index (χ4n) is 2.95. The van der Waals surface area contributed by atoms with Crippen LogP contribution in [0.4, 0.5) is 0 Å². The molecule has 0 aromatic carbocycles. The zero-order valence-electron chi connectivity index (χ0n) is 9.03. The molecule has 3 nitrogen and oxygen atoms in total. The first-order valence-corrected chi connectivity index (χ1v) is 6.49. The molecule has 2 aliphatic rings. The van der Waals surface area contributed by atoms with Gasteiger partial charge in [-0.3, -0.25) is 4.98 Å². The molecule has 0 amide bonds. The highest BCUT2D eigenvalue weighted by Gasteiger charge is 2.49. The molecule has 2 aliphatic heterocycles. The molecule has 2 saturated heterocycles. The third-order valence-corrected chi connectivity index (χ3v) is 4.08. The lowest BCUT2D eigenvalue weighted by atomic mass is 9.78. The van der Waals surface area contributed by atoms with Crippen molar-refractivity contribution in [2.75, 3.05) is 0 Å². The van der Waals surface area contributed by atoms with E-state index in [0.29, 0.717) is 6.10 Å². The minimum Gasteiger partial charge on any atom is -0.373 e. The molecule has 1 aromatic rings. The van der Waals surface area contributed by atoms with Gasteiger partial charge in [0.05, 0.1) is 12.2 Å². The van der Waals surface area contributed by atoms with Crippen LogP contribution in [0.15, 0.2) is 22.9 Å². The highest BCUT2D eigenvalue weighted by Crippen LogP contribution is 2.41. The van der Waals surface area contributed by atoms with Crippen molar-refractivity contribution >= 4 is 15.9 Å². The van der Waals surface area contributed by atoms with Crippen LogP contribution in [-0.4, -0.2) is 22.7 Å². The van der Waals surface area contributed by atoms with E-state index in [1.807, 2.05) is 6.20 Å². The highest BCUT2D eigenvalue weighted by molar-refractivity contribution is 9.10. The second-order valence-electron chi connectivity index (χ2n) is 4.95. The lowest BCUT2D eigenvalue weighted by molar-refractivity contribution is 0.0856. The second kappa shape index (κ2) is 3.79. The number of ether oxygens (including phenoxy) is 1. The van der Waals surface area contributed by atoms with Gasteiger partial charge < -0.3 is 10.5 Å². The molecule has 3 atom stereocenters. The van der Waals surface area contributed by atoms with Crippen LogP contribution in [0.2, 0.25) is 0 Å². The molecule has 0 spiro atoms. The van der Waals surface area contributed by atoms with Crippen molar-refractivity contribution in [1.82, 2.24) is 4.98 Å². The summed E-state index contributed by atoms with van der Waals surface area (Å²) in [6.45, 7) is 0. The summed E-state index contributed by atoms with van der Waals surface area (Å²) in [5.74, 6) is 0. The number of pyridine rings is 1. The number of halogens is 1. The van der Waals surface area contributed by atoms with Gasteiger partial charge in [0.1, 0.15) is 0 Å². The summed E-state index contributed by atoms with van der Waals surface area (Å²) in [6.07, 6.45) is 8.48. The van der Waals surface area contributed by atoms with E-state index in [0.717, 1.165) is 23.7 Å². The van der Waals surface area contributed by atoms with E-state index in [2.05, 4.69) is 27.0 Å². The van der Waals surface area contributed by atoms with Gasteiger partial charge >= 0.3 is 0 Å². The van der Waals surface area contributed by atoms with Crippen molar-refractivity contribution in [3.8, 4) is 0 Å². The molecule has 86 valence electrons. The predicted molar refractivity (Wildman–Crippen MR) is 65.1 cm³/mol. The molecule has 2 N–H and O–H groups in total. The minimum absolute atomic E-state index is 0.175. The van der Waals surface area contributed by atoms with E-state index in [9.17, 15) is 0 Å². The molecule has 3 unspecified atom stereocenters. The molecule has 4 heteroatoms. The zero-order chi connectivity index (χ0) is 11.2. The number of hydrogen-bond donors (Lipinski definition) is 1. The maximum absolute atomic E-state index is 6.46.